The highest BCUT2D eigenvalue weighted by molar-refractivity contribution is 5.16. The van der Waals surface area contributed by atoms with E-state index < -0.39 is 0 Å². The van der Waals surface area contributed by atoms with Gasteiger partial charge in [-0.25, -0.2) is 4.39 Å². The van der Waals surface area contributed by atoms with Crippen LogP contribution in [0.3, 0.4) is 0 Å². The smallest absolute Gasteiger partial charge is 0.123 e. The molecule has 0 atom stereocenters. The molecular weight excluding hydrogens is 227 g/mol. The first kappa shape index (κ1) is 14.3. The minimum Gasteiger partial charge on any atom is -0.309 e. The zero-order chi connectivity index (χ0) is 13.2. The van der Waals surface area contributed by atoms with Crippen LogP contribution < -0.4 is 5.32 Å². The Morgan fingerprint density at radius 3 is 1.94 bits per heavy atom. The molecule has 0 radical (unpaired) electrons. The van der Waals surface area contributed by atoms with Crippen LogP contribution in [0, 0.1) is 5.82 Å². The van der Waals surface area contributed by atoms with Gasteiger partial charge in [0.05, 0.1) is 0 Å². The van der Waals surface area contributed by atoms with Crippen molar-refractivity contribution in [3.8, 4) is 0 Å². The van der Waals surface area contributed by atoms with E-state index in [4.69, 9.17) is 0 Å². The largest absolute Gasteiger partial charge is 0.309 e. The van der Waals surface area contributed by atoms with Gasteiger partial charge < -0.3 is 5.32 Å². The number of hydrogen-bond donors (Lipinski definition) is 1. The van der Waals surface area contributed by atoms with E-state index in [1.165, 1.54) is 17.7 Å². The Labute approximate surface area is 108 Å². The van der Waals surface area contributed by atoms with Crippen LogP contribution in [0.15, 0.2) is 48.8 Å². The van der Waals surface area contributed by atoms with Crippen molar-refractivity contribution in [2.45, 2.75) is 26.9 Å². The minimum absolute atomic E-state index is 0.196. The van der Waals surface area contributed by atoms with Crippen LogP contribution in [0.4, 0.5) is 4.39 Å². The summed E-state index contributed by atoms with van der Waals surface area (Å²) in [5.74, 6) is -0.196. The lowest BCUT2D eigenvalue weighted by atomic mass is 10.2. The SMILES string of the molecule is CC.Fc1ccc(CNCc2ccncc2)cc1. The fourth-order valence-corrected chi connectivity index (χ4v) is 1.45. The zero-order valence-electron chi connectivity index (χ0n) is 10.9. The van der Waals surface area contributed by atoms with E-state index in [1.807, 2.05) is 26.0 Å². The average Bonchev–Trinajstić information content (AvgIpc) is 2.44. The molecule has 0 saturated heterocycles. The Kier molecular flexibility index (Phi) is 6.66. The summed E-state index contributed by atoms with van der Waals surface area (Å²) in [6.07, 6.45) is 3.55. The molecule has 1 aromatic heterocycles. The second-order valence-electron chi connectivity index (χ2n) is 3.59. The maximum atomic E-state index is 12.6. The Hall–Kier alpha value is -1.74. The molecule has 0 unspecified atom stereocenters. The van der Waals surface area contributed by atoms with Crippen LogP contribution in [-0.4, -0.2) is 4.98 Å². The van der Waals surface area contributed by atoms with Gasteiger partial charge in [0.15, 0.2) is 0 Å². The molecule has 1 N–H and O–H groups in total. The van der Waals surface area contributed by atoms with Crippen LogP contribution in [-0.2, 0) is 13.1 Å². The van der Waals surface area contributed by atoms with Gasteiger partial charge in [-0.15, -0.1) is 0 Å². The fourth-order valence-electron chi connectivity index (χ4n) is 1.45. The van der Waals surface area contributed by atoms with Gasteiger partial charge in [-0.1, -0.05) is 26.0 Å². The van der Waals surface area contributed by atoms with Crippen molar-refractivity contribution in [3.05, 3.63) is 65.7 Å². The summed E-state index contributed by atoms with van der Waals surface area (Å²) in [6, 6.07) is 10.5. The summed E-state index contributed by atoms with van der Waals surface area (Å²) < 4.78 is 12.6. The molecule has 18 heavy (non-hydrogen) atoms. The highest BCUT2D eigenvalue weighted by Gasteiger charge is 1.94. The second-order valence-corrected chi connectivity index (χ2v) is 3.59. The topological polar surface area (TPSA) is 24.9 Å². The van der Waals surface area contributed by atoms with Gasteiger partial charge in [0.25, 0.3) is 0 Å². The number of nitrogens with one attached hydrogen (secondary N) is 1. The van der Waals surface area contributed by atoms with Crippen LogP contribution in [0.2, 0.25) is 0 Å². The molecule has 2 rings (SSSR count). The van der Waals surface area contributed by atoms with Crippen molar-refractivity contribution in [1.82, 2.24) is 10.3 Å². The van der Waals surface area contributed by atoms with Crippen LogP contribution in [0.25, 0.3) is 0 Å². The van der Waals surface area contributed by atoms with Gasteiger partial charge in [0, 0.05) is 25.5 Å². The van der Waals surface area contributed by atoms with Gasteiger partial charge in [-0.05, 0) is 35.4 Å². The van der Waals surface area contributed by atoms with Gasteiger partial charge >= 0.3 is 0 Å². The predicted octanol–water partition coefficient (Wildman–Crippen LogP) is 3.54. The van der Waals surface area contributed by atoms with Crippen LogP contribution in [0.5, 0.6) is 0 Å². The lowest BCUT2D eigenvalue weighted by Crippen LogP contribution is -2.12. The van der Waals surface area contributed by atoms with E-state index in [1.54, 1.807) is 24.5 Å². The summed E-state index contributed by atoms with van der Waals surface area (Å²) in [5.41, 5.74) is 2.27. The monoisotopic (exact) mass is 246 g/mol. The highest BCUT2D eigenvalue weighted by Crippen LogP contribution is 2.03. The number of nitrogens with zero attached hydrogens (tertiary/aromatic N) is 1. The third-order valence-electron chi connectivity index (χ3n) is 2.32. The van der Waals surface area contributed by atoms with Crippen LogP contribution in [0.1, 0.15) is 25.0 Å². The molecule has 0 bridgehead atoms. The van der Waals surface area contributed by atoms with E-state index in [9.17, 15) is 4.39 Å². The summed E-state index contributed by atoms with van der Waals surface area (Å²) >= 11 is 0. The first-order valence-corrected chi connectivity index (χ1v) is 6.18. The quantitative estimate of drug-likeness (QED) is 0.892. The predicted molar refractivity (Wildman–Crippen MR) is 72.5 cm³/mol. The lowest BCUT2D eigenvalue weighted by Gasteiger charge is -2.04. The molecular formula is C15H19FN2. The molecule has 3 heteroatoms. The Bertz CT molecular complexity index is 426. The molecule has 1 heterocycles. The molecule has 2 nitrogen and oxygen atoms in total. The Balaban J connectivity index is 0.000000771. The second kappa shape index (κ2) is 8.37. The third kappa shape index (κ3) is 5.06. The normalized spacial score (nSPS) is 9.50. The van der Waals surface area contributed by atoms with Crippen molar-refractivity contribution in [2.75, 3.05) is 0 Å². The van der Waals surface area contributed by atoms with Gasteiger partial charge in [0.1, 0.15) is 5.82 Å². The number of pyridine rings is 1. The number of halogens is 1. The zero-order valence-corrected chi connectivity index (χ0v) is 10.9. The molecule has 0 aliphatic carbocycles. The summed E-state index contributed by atoms with van der Waals surface area (Å²) in [4.78, 5) is 3.95. The molecule has 0 spiro atoms. The fraction of sp³-hybridized carbons (Fsp3) is 0.267. The third-order valence-corrected chi connectivity index (χ3v) is 2.32. The minimum atomic E-state index is -0.196. The highest BCUT2D eigenvalue weighted by atomic mass is 19.1. The van der Waals surface area contributed by atoms with Crippen molar-refractivity contribution < 1.29 is 4.39 Å². The van der Waals surface area contributed by atoms with Gasteiger partial charge in [0.2, 0.25) is 0 Å². The van der Waals surface area contributed by atoms with Crippen molar-refractivity contribution in [3.63, 3.8) is 0 Å². The van der Waals surface area contributed by atoms with Crippen molar-refractivity contribution in [1.29, 1.82) is 0 Å². The molecule has 0 amide bonds. The van der Waals surface area contributed by atoms with E-state index in [0.29, 0.717) is 0 Å². The molecule has 1 aromatic carbocycles. The molecule has 96 valence electrons. The standard InChI is InChI=1S/C13H13FN2.C2H6/c14-13-3-1-11(2-4-13)9-16-10-12-5-7-15-8-6-12;1-2/h1-8,16H,9-10H2;1-2H3. The maximum absolute atomic E-state index is 12.6. The number of aromatic nitrogens is 1. The Morgan fingerprint density at radius 2 is 1.39 bits per heavy atom. The first-order valence-electron chi connectivity index (χ1n) is 6.18. The van der Waals surface area contributed by atoms with Gasteiger partial charge in [-0.2, -0.15) is 0 Å². The lowest BCUT2D eigenvalue weighted by molar-refractivity contribution is 0.625. The molecule has 0 fully saturated rings. The molecule has 0 aliphatic rings. The van der Waals surface area contributed by atoms with E-state index in [2.05, 4.69) is 10.3 Å². The van der Waals surface area contributed by atoms with Crippen molar-refractivity contribution >= 4 is 0 Å². The van der Waals surface area contributed by atoms with Gasteiger partial charge in [-0.3, -0.25) is 4.98 Å². The van der Waals surface area contributed by atoms with E-state index >= 15 is 0 Å². The summed E-state index contributed by atoms with van der Waals surface area (Å²) in [6.45, 7) is 5.53. The van der Waals surface area contributed by atoms with Crippen molar-refractivity contribution in [2.24, 2.45) is 0 Å². The summed E-state index contributed by atoms with van der Waals surface area (Å²) in [7, 11) is 0. The average molecular weight is 246 g/mol. The number of benzene rings is 1. The van der Waals surface area contributed by atoms with E-state index in [0.717, 1.165) is 18.7 Å². The van der Waals surface area contributed by atoms with Crippen LogP contribution >= 0.6 is 0 Å². The molecule has 2 aromatic rings. The first-order chi connectivity index (χ1) is 8.84. The number of rotatable bonds is 4. The maximum Gasteiger partial charge on any atom is 0.123 e. The summed E-state index contributed by atoms with van der Waals surface area (Å²) in [5, 5.41) is 3.29. The Morgan fingerprint density at radius 1 is 0.889 bits per heavy atom. The number of hydrogen-bond acceptors (Lipinski definition) is 2. The molecule has 0 saturated carbocycles. The molecule has 0 aliphatic heterocycles. The van der Waals surface area contributed by atoms with E-state index in [-0.39, 0.29) is 5.82 Å².